The smallest absolute Gasteiger partial charge is 0.306 e. The van der Waals surface area contributed by atoms with Gasteiger partial charge in [-0.3, -0.25) is 9.59 Å². The molecule has 0 aliphatic carbocycles. The number of ether oxygens (including phenoxy) is 2. The van der Waals surface area contributed by atoms with E-state index in [1.807, 2.05) is 0 Å². The number of aliphatic hydroxyl groups is 1. The highest BCUT2D eigenvalue weighted by atomic mass is 16.6. The van der Waals surface area contributed by atoms with E-state index in [1.165, 1.54) is 25.7 Å². The number of esters is 2. The summed E-state index contributed by atoms with van der Waals surface area (Å²) in [6.45, 7) is 3.91. The second-order valence-electron chi connectivity index (χ2n) is 11.6. The highest BCUT2D eigenvalue weighted by Gasteiger charge is 2.15. The molecule has 0 aromatic heterocycles. The molecule has 0 heterocycles. The van der Waals surface area contributed by atoms with Gasteiger partial charge in [0, 0.05) is 12.8 Å². The summed E-state index contributed by atoms with van der Waals surface area (Å²) in [6.07, 6.45) is 49.2. The van der Waals surface area contributed by atoms with Gasteiger partial charge in [-0.05, 0) is 83.5 Å². The maximum Gasteiger partial charge on any atom is 0.306 e. The van der Waals surface area contributed by atoms with Crippen LogP contribution in [-0.2, 0) is 19.1 Å². The number of hydrogen-bond donors (Lipinski definition) is 1. The highest BCUT2D eigenvalue weighted by molar-refractivity contribution is 5.70. The van der Waals surface area contributed by atoms with Crippen molar-refractivity contribution in [2.45, 2.75) is 148 Å². The second-order valence-corrected chi connectivity index (χ2v) is 11.6. The predicted octanol–water partition coefficient (Wildman–Crippen LogP) is 11.2. The molecule has 0 bridgehead atoms. The third-order valence-electron chi connectivity index (χ3n) is 7.17. The largest absolute Gasteiger partial charge is 0.462 e. The van der Waals surface area contributed by atoms with Crippen molar-refractivity contribution in [3.8, 4) is 0 Å². The molecule has 0 amide bonds. The standard InChI is InChI=1S/C41H66O5/c1-3-5-7-9-11-13-15-17-19-20-22-23-25-27-29-31-33-35-40(43)45-38-39(37-42)46-41(44)36-34-32-30-28-26-24-21-18-16-14-12-10-8-6-4-2/h6,8,11-14,17-19,21-23,27,29,39,42H,3-5,7,9-10,15-16,20,24-26,28,30-38H2,1-2H3/t39-/m0/s1. The van der Waals surface area contributed by atoms with Crippen LogP contribution in [-0.4, -0.2) is 36.4 Å². The molecular formula is C41H66O5. The Labute approximate surface area is 282 Å². The third-order valence-corrected chi connectivity index (χ3v) is 7.17. The molecule has 46 heavy (non-hydrogen) atoms. The lowest BCUT2D eigenvalue weighted by Crippen LogP contribution is -2.28. The maximum absolute atomic E-state index is 12.1. The van der Waals surface area contributed by atoms with Crippen LogP contribution < -0.4 is 0 Å². The van der Waals surface area contributed by atoms with Gasteiger partial charge in [-0.15, -0.1) is 0 Å². The minimum absolute atomic E-state index is 0.107. The van der Waals surface area contributed by atoms with E-state index in [4.69, 9.17) is 9.47 Å². The SMILES string of the molecule is CCC=CCC=CCC=CCCCCCCCC(=O)O[C@@H](CO)COC(=O)CCCC=CCC=CCC=CCC=CCCCCC. The second kappa shape index (κ2) is 36.5. The van der Waals surface area contributed by atoms with Crippen LogP contribution in [0.2, 0.25) is 0 Å². The molecule has 0 unspecified atom stereocenters. The van der Waals surface area contributed by atoms with Crippen LogP contribution in [0.4, 0.5) is 0 Å². The Morgan fingerprint density at radius 3 is 1.48 bits per heavy atom. The lowest BCUT2D eigenvalue weighted by molar-refractivity contribution is -0.161. The maximum atomic E-state index is 12.1. The summed E-state index contributed by atoms with van der Waals surface area (Å²) in [4.78, 5) is 24.2. The van der Waals surface area contributed by atoms with Gasteiger partial charge in [-0.1, -0.05) is 131 Å². The van der Waals surface area contributed by atoms with Gasteiger partial charge >= 0.3 is 11.9 Å². The molecule has 0 aromatic carbocycles. The van der Waals surface area contributed by atoms with Crippen molar-refractivity contribution >= 4 is 11.9 Å². The van der Waals surface area contributed by atoms with Gasteiger partial charge in [0.2, 0.25) is 0 Å². The van der Waals surface area contributed by atoms with E-state index in [2.05, 4.69) is 98.9 Å². The van der Waals surface area contributed by atoms with E-state index in [0.717, 1.165) is 83.5 Å². The van der Waals surface area contributed by atoms with Crippen LogP contribution in [0.3, 0.4) is 0 Å². The van der Waals surface area contributed by atoms with Gasteiger partial charge in [0.05, 0.1) is 6.61 Å². The van der Waals surface area contributed by atoms with Gasteiger partial charge in [0.1, 0.15) is 6.61 Å². The van der Waals surface area contributed by atoms with E-state index in [0.29, 0.717) is 19.3 Å². The number of rotatable bonds is 31. The van der Waals surface area contributed by atoms with Gasteiger partial charge in [0.25, 0.3) is 0 Å². The zero-order chi connectivity index (χ0) is 33.6. The number of unbranched alkanes of at least 4 members (excludes halogenated alkanes) is 9. The van der Waals surface area contributed by atoms with Crippen LogP contribution in [0.1, 0.15) is 142 Å². The van der Waals surface area contributed by atoms with Crippen molar-refractivity contribution < 1.29 is 24.2 Å². The third kappa shape index (κ3) is 34.0. The average molecular weight is 639 g/mol. The lowest BCUT2D eigenvalue weighted by Gasteiger charge is -2.15. The van der Waals surface area contributed by atoms with E-state index in [-0.39, 0.29) is 25.2 Å². The first-order chi connectivity index (χ1) is 22.6. The molecule has 5 nitrogen and oxygen atoms in total. The quantitative estimate of drug-likeness (QED) is 0.0465. The number of allylic oxidation sites excluding steroid dienone is 14. The number of hydrogen-bond acceptors (Lipinski definition) is 5. The van der Waals surface area contributed by atoms with Gasteiger partial charge < -0.3 is 14.6 Å². The lowest BCUT2D eigenvalue weighted by atomic mass is 10.1. The van der Waals surface area contributed by atoms with Crippen molar-refractivity contribution in [2.24, 2.45) is 0 Å². The van der Waals surface area contributed by atoms with Crippen molar-refractivity contribution in [3.63, 3.8) is 0 Å². The van der Waals surface area contributed by atoms with Crippen molar-refractivity contribution in [2.75, 3.05) is 13.2 Å². The molecule has 1 N–H and O–H groups in total. The van der Waals surface area contributed by atoms with E-state index in [1.54, 1.807) is 0 Å². The molecule has 0 aromatic rings. The summed E-state index contributed by atoms with van der Waals surface area (Å²) in [5.74, 6) is -0.687. The van der Waals surface area contributed by atoms with Crippen LogP contribution in [0, 0.1) is 0 Å². The summed E-state index contributed by atoms with van der Waals surface area (Å²) in [7, 11) is 0. The summed E-state index contributed by atoms with van der Waals surface area (Å²) >= 11 is 0. The molecule has 0 rings (SSSR count). The Kier molecular flexibility index (Phi) is 34.2. The Bertz CT molecular complexity index is 906. The summed E-state index contributed by atoms with van der Waals surface area (Å²) < 4.78 is 10.5. The zero-order valence-electron chi connectivity index (χ0n) is 29.3. The molecule has 0 radical (unpaired) electrons. The molecule has 0 spiro atoms. The minimum atomic E-state index is -0.806. The van der Waals surface area contributed by atoms with Crippen LogP contribution in [0.25, 0.3) is 0 Å². The zero-order valence-corrected chi connectivity index (χ0v) is 29.3. The molecule has 0 saturated heterocycles. The van der Waals surface area contributed by atoms with Crippen LogP contribution in [0.5, 0.6) is 0 Å². The van der Waals surface area contributed by atoms with Crippen molar-refractivity contribution in [1.29, 1.82) is 0 Å². The van der Waals surface area contributed by atoms with E-state index in [9.17, 15) is 14.7 Å². The molecule has 0 aliphatic heterocycles. The number of carbonyl (C=O) groups is 2. The molecule has 5 heteroatoms. The highest BCUT2D eigenvalue weighted by Crippen LogP contribution is 2.10. The monoisotopic (exact) mass is 638 g/mol. The molecule has 0 saturated carbocycles. The van der Waals surface area contributed by atoms with Crippen LogP contribution >= 0.6 is 0 Å². The molecule has 260 valence electrons. The summed E-state index contributed by atoms with van der Waals surface area (Å²) in [5.41, 5.74) is 0. The predicted molar refractivity (Wildman–Crippen MR) is 196 cm³/mol. The van der Waals surface area contributed by atoms with E-state index < -0.39 is 6.10 Å². The Balaban J connectivity index is 3.74. The molecule has 0 fully saturated rings. The fourth-order valence-corrected chi connectivity index (χ4v) is 4.44. The Hall–Kier alpha value is -2.92. The molecule has 0 aliphatic rings. The number of carbonyl (C=O) groups excluding carboxylic acids is 2. The van der Waals surface area contributed by atoms with Gasteiger partial charge in [-0.25, -0.2) is 0 Å². The Morgan fingerprint density at radius 1 is 0.522 bits per heavy atom. The summed E-state index contributed by atoms with van der Waals surface area (Å²) in [5, 5.41) is 9.52. The molecular weight excluding hydrogens is 572 g/mol. The Morgan fingerprint density at radius 2 is 0.957 bits per heavy atom. The summed E-state index contributed by atoms with van der Waals surface area (Å²) in [6, 6.07) is 0. The fraction of sp³-hybridized carbons (Fsp3) is 0.610. The van der Waals surface area contributed by atoms with Gasteiger partial charge in [0.15, 0.2) is 6.10 Å². The van der Waals surface area contributed by atoms with Crippen molar-refractivity contribution in [1.82, 2.24) is 0 Å². The topological polar surface area (TPSA) is 72.8 Å². The van der Waals surface area contributed by atoms with E-state index >= 15 is 0 Å². The fourth-order valence-electron chi connectivity index (χ4n) is 4.44. The normalized spacial score (nSPS) is 13.2. The first-order valence-electron chi connectivity index (χ1n) is 18.1. The van der Waals surface area contributed by atoms with Crippen molar-refractivity contribution in [3.05, 3.63) is 85.1 Å². The first kappa shape index (κ1) is 43.1. The van der Waals surface area contributed by atoms with Crippen LogP contribution in [0.15, 0.2) is 85.1 Å². The molecule has 1 atom stereocenters. The van der Waals surface area contributed by atoms with Gasteiger partial charge in [-0.2, -0.15) is 0 Å². The first-order valence-corrected chi connectivity index (χ1v) is 18.1. The minimum Gasteiger partial charge on any atom is -0.462 e. The number of aliphatic hydroxyl groups excluding tert-OH is 1. The average Bonchev–Trinajstić information content (AvgIpc) is 3.06.